The van der Waals surface area contributed by atoms with Crippen LogP contribution in [-0.2, 0) is 15.0 Å². The number of hydrogen-bond acceptors (Lipinski definition) is 3. The molecule has 0 aliphatic rings. The highest BCUT2D eigenvalue weighted by molar-refractivity contribution is 7.98. The van der Waals surface area contributed by atoms with Crippen molar-refractivity contribution in [3.63, 3.8) is 0 Å². The smallest absolute Gasteiger partial charge is 0.314 e. The lowest BCUT2D eigenvalue weighted by Crippen LogP contribution is -2.42. The van der Waals surface area contributed by atoms with E-state index in [1.807, 2.05) is 19.2 Å². The molecule has 0 bridgehead atoms. The third-order valence-corrected chi connectivity index (χ3v) is 4.36. The van der Waals surface area contributed by atoms with Crippen LogP contribution in [0.4, 0.5) is 0 Å². The molecule has 2 N–H and O–H groups in total. The fraction of sp³-hybridized carbons (Fsp3) is 0.500. The van der Waals surface area contributed by atoms with Crippen LogP contribution in [-0.4, -0.2) is 35.0 Å². The number of rotatable bonds is 8. The molecule has 2 atom stereocenters. The molecule has 5 heteroatoms. The molecule has 0 aliphatic carbocycles. The molecular formula is C16H23NO3S. The molecule has 0 saturated heterocycles. The minimum absolute atomic E-state index is 0.0583. The minimum atomic E-state index is -1.21. The van der Waals surface area contributed by atoms with Gasteiger partial charge >= 0.3 is 5.97 Å². The van der Waals surface area contributed by atoms with E-state index in [0.29, 0.717) is 5.56 Å². The lowest BCUT2D eigenvalue weighted by atomic mass is 9.79. The Kier molecular flexibility index (Phi) is 6.75. The van der Waals surface area contributed by atoms with Gasteiger partial charge in [-0.15, -0.1) is 0 Å². The predicted molar refractivity (Wildman–Crippen MR) is 86.7 cm³/mol. The second-order valence-electron chi connectivity index (χ2n) is 5.31. The first-order chi connectivity index (χ1) is 9.93. The molecule has 0 aromatic heterocycles. The zero-order valence-corrected chi connectivity index (χ0v) is 13.6. The van der Waals surface area contributed by atoms with Crippen LogP contribution in [0.1, 0.15) is 32.3 Å². The highest BCUT2D eigenvalue weighted by Crippen LogP contribution is 2.28. The number of carboxylic acids is 1. The zero-order valence-electron chi connectivity index (χ0n) is 12.8. The maximum Gasteiger partial charge on any atom is 0.314 e. The third-order valence-electron chi connectivity index (χ3n) is 3.62. The summed E-state index contributed by atoms with van der Waals surface area (Å²) >= 11 is 1.67. The molecule has 0 radical (unpaired) electrons. The summed E-state index contributed by atoms with van der Waals surface area (Å²) in [6.07, 6.45) is 2.76. The molecule has 0 aliphatic heterocycles. The number of carboxylic acid groups (broad SMARTS) is 1. The number of aliphatic carboxylic acids is 1. The Hall–Kier alpha value is -1.49. The lowest BCUT2D eigenvalue weighted by molar-refractivity contribution is -0.145. The molecule has 0 fully saturated rings. The van der Waals surface area contributed by atoms with E-state index in [4.69, 9.17) is 0 Å². The number of amides is 1. The van der Waals surface area contributed by atoms with E-state index in [-0.39, 0.29) is 18.4 Å². The molecule has 0 saturated carbocycles. The van der Waals surface area contributed by atoms with Crippen LogP contribution in [0.5, 0.6) is 0 Å². The van der Waals surface area contributed by atoms with E-state index in [1.54, 1.807) is 43.0 Å². The Morgan fingerprint density at radius 2 is 1.95 bits per heavy atom. The van der Waals surface area contributed by atoms with E-state index < -0.39 is 11.4 Å². The summed E-state index contributed by atoms with van der Waals surface area (Å²) in [5.41, 5.74) is -0.561. The summed E-state index contributed by atoms with van der Waals surface area (Å²) in [6, 6.07) is 8.99. The number of nitrogens with one attached hydrogen (secondary N) is 1. The maximum atomic E-state index is 12.2. The van der Waals surface area contributed by atoms with Gasteiger partial charge in [-0.25, -0.2) is 0 Å². The van der Waals surface area contributed by atoms with Crippen LogP contribution in [0, 0.1) is 0 Å². The van der Waals surface area contributed by atoms with Crippen molar-refractivity contribution >= 4 is 23.6 Å². The van der Waals surface area contributed by atoms with Gasteiger partial charge in [0.05, 0.1) is 5.41 Å². The summed E-state index contributed by atoms with van der Waals surface area (Å²) in [5, 5.41) is 12.5. The Bertz CT molecular complexity index is 478. The Morgan fingerprint density at radius 1 is 1.33 bits per heavy atom. The second kappa shape index (κ2) is 8.08. The Labute approximate surface area is 130 Å². The lowest BCUT2D eigenvalue weighted by Gasteiger charge is -2.26. The third kappa shape index (κ3) is 4.77. The molecule has 0 heterocycles. The van der Waals surface area contributed by atoms with Crippen LogP contribution >= 0.6 is 11.8 Å². The number of hydrogen-bond donors (Lipinski definition) is 2. The molecule has 116 valence electrons. The van der Waals surface area contributed by atoms with Crippen LogP contribution in [0.15, 0.2) is 30.3 Å². The summed E-state index contributed by atoms with van der Waals surface area (Å²) in [4.78, 5) is 23.9. The average Bonchev–Trinajstić information content (AvgIpc) is 2.47. The molecule has 4 nitrogen and oxygen atoms in total. The fourth-order valence-electron chi connectivity index (χ4n) is 2.17. The molecule has 21 heavy (non-hydrogen) atoms. The highest BCUT2D eigenvalue weighted by atomic mass is 32.2. The van der Waals surface area contributed by atoms with Crippen LogP contribution in [0.25, 0.3) is 0 Å². The fourth-order valence-corrected chi connectivity index (χ4v) is 2.89. The summed E-state index contributed by atoms with van der Waals surface area (Å²) in [5.74, 6) is -0.372. The molecule has 1 aromatic carbocycles. The predicted octanol–water partition coefficient (Wildman–Crippen LogP) is 2.68. The van der Waals surface area contributed by atoms with Crippen molar-refractivity contribution in [1.82, 2.24) is 5.32 Å². The average molecular weight is 309 g/mol. The van der Waals surface area contributed by atoms with Crippen LogP contribution in [0.3, 0.4) is 0 Å². The van der Waals surface area contributed by atoms with Gasteiger partial charge in [0.25, 0.3) is 0 Å². The normalized spacial score (nSPS) is 15.0. The zero-order chi connectivity index (χ0) is 15.9. The van der Waals surface area contributed by atoms with E-state index in [2.05, 4.69) is 5.32 Å². The molecular weight excluding hydrogens is 286 g/mol. The van der Waals surface area contributed by atoms with Crippen molar-refractivity contribution in [2.24, 2.45) is 0 Å². The quantitative estimate of drug-likeness (QED) is 0.775. The minimum Gasteiger partial charge on any atom is -0.481 e. The van der Waals surface area contributed by atoms with Gasteiger partial charge in [-0.3, -0.25) is 9.59 Å². The van der Waals surface area contributed by atoms with Crippen LogP contribution in [0.2, 0.25) is 0 Å². The van der Waals surface area contributed by atoms with Crippen molar-refractivity contribution in [1.29, 1.82) is 0 Å². The number of carbonyl (C=O) groups excluding carboxylic acids is 1. The van der Waals surface area contributed by atoms with E-state index in [9.17, 15) is 14.7 Å². The molecule has 0 spiro atoms. The van der Waals surface area contributed by atoms with Gasteiger partial charge in [-0.05, 0) is 25.2 Å². The van der Waals surface area contributed by atoms with Gasteiger partial charge in [0.15, 0.2) is 0 Å². The number of carbonyl (C=O) groups is 2. The van der Waals surface area contributed by atoms with Crippen molar-refractivity contribution in [3.8, 4) is 0 Å². The van der Waals surface area contributed by atoms with E-state index >= 15 is 0 Å². The topological polar surface area (TPSA) is 66.4 Å². The first-order valence-electron chi connectivity index (χ1n) is 7.01. The van der Waals surface area contributed by atoms with Crippen LogP contribution < -0.4 is 5.32 Å². The van der Waals surface area contributed by atoms with Crippen molar-refractivity contribution in [3.05, 3.63) is 35.9 Å². The molecule has 1 amide bonds. The first kappa shape index (κ1) is 17.6. The van der Waals surface area contributed by atoms with Gasteiger partial charge in [0.1, 0.15) is 0 Å². The van der Waals surface area contributed by atoms with Crippen molar-refractivity contribution in [2.75, 3.05) is 12.0 Å². The number of thioether (sulfide) groups is 1. The van der Waals surface area contributed by atoms with E-state index in [1.165, 1.54) is 0 Å². The van der Waals surface area contributed by atoms with Crippen molar-refractivity contribution in [2.45, 2.75) is 38.1 Å². The molecule has 2 unspecified atom stereocenters. The van der Waals surface area contributed by atoms with Crippen molar-refractivity contribution < 1.29 is 14.7 Å². The monoisotopic (exact) mass is 309 g/mol. The second-order valence-corrected chi connectivity index (χ2v) is 6.22. The summed E-state index contributed by atoms with van der Waals surface area (Å²) in [7, 11) is 0. The summed E-state index contributed by atoms with van der Waals surface area (Å²) < 4.78 is 0. The van der Waals surface area contributed by atoms with E-state index in [0.717, 1.165) is 12.2 Å². The first-order valence-corrected chi connectivity index (χ1v) is 8.40. The highest BCUT2D eigenvalue weighted by Gasteiger charge is 2.37. The van der Waals surface area contributed by atoms with Gasteiger partial charge < -0.3 is 10.4 Å². The molecule has 1 rings (SSSR count). The largest absolute Gasteiger partial charge is 0.481 e. The summed E-state index contributed by atoms with van der Waals surface area (Å²) in [6.45, 7) is 3.61. The Morgan fingerprint density at radius 3 is 2.43 bits per heavy atom. The van der Waals surface area contributed by atoms with Gasteiger partial charge in [-0.1, -0.05) is 37.3 Å². The number of benzene rings is 1. The SMILES string of the molecule is CCC(CSC)NC(=O)CC(C)(C(=O)O)c1ccccc1. The Balaban J connectivity index is 2.84. The maximum absolute atomic E-state index is 12.2. The van der Waals surface area contributed by atoms with Gasteiger partial charge in [-0.2, -0.15) is 11.8 Å². The molecule has 1 aromatic rings. The van der Waals surface area contributed by atoms with Gasteiger partial charge in [0, 0.05) is 18.2 Å². The van der Waals surface area contributed by atoms with Gasteiger partial charge in [0.2, 0.25) is 5.91 Å². The standard InChI is InChI=1S/C16H23NO3S/c1-4-13(11-21-3)17-14(18)10-16(2,15(19)20)12-8-6-5-7-9-12/h5-9,13H,4,10-11H2,1-3H3,(H,17,18)(H,19,20).